The van der Waals surface area contributed by atoms with E-state index >= 15 is 0 Å². The van der Waals surface area contributed by atoms with E-state index in [1.165, 1.54) is 0 Å². The summed E-state index contributed by atoms with van der Waals surface area (Å²) in [4.78, 5) is 16.6. The summed E-state index contributed by atoms with van der Waals surface area (Å²) in [5.41, 5.74) is 5.75. The molecule has 0 aliphatic heterocycles. The van der Waals surface area contributed by atoms with E-state index in [9.17, 15) is 4.79 Å². The van der Waals surface area contributed by atoms with E-state index in [4.69, 9.17) is 9.72 Å². The summed E-state index contributed by atoms with van der Waals surface area (Å²) in [7, 11) is 1.59. The van der Waals surface area contributed by atoms with Crippen LogP contribution in [0, 0.1) is 13.8 Å². The van der Waals surface area contributed by atoms with Gasteiger partial charge in [-0.2, -0.15) is 0 Å². The number of nitrogens with zero attached hydrogens (tertiary/aromatic N) is 2. The molecule has 2 aromatic heterocycles. The third kappa shape index (κ3) is 3.72. The number of nitrogens with one attached hydrogen (secondary N) is 2. The van der Waals surface area contributed by atoms with Gasteiger partial charge in [0.1, 0.15) is 22.9 Å². The van der Waals surface area contributed by atoms with Gasteiger partial charge in [0.2, 0.25) is 0 Å². The highest BCUT2D eigenvalue weighted by Crippen LogP contribution is 2.37. The van der Waals surface area contributed by atoms with Crippen molar-refractivity contribution in [2.75, 3.05) is 19.0 Å². The molecule has 0 aliphatic rings. The first-order valence-electron chi connectivity index (χ1n) is 9.81. The number of aryl methyl sites for hydroxylation is 2. The molecule has 2 aromatic carbocycles. The Bertz CT molecular complexity index is 1190. The van der Waals surface area contributed by atoms with Crippen LogP contribution >= 0.6 is 0 Å². The Balaban J connectivity index is 1.85. The van der Waals surface area contributed by atoms with Crippen LogP contribution in [0.15, 0.2) is 66.9 Å². The van der Waals surface area contributed by atoms with Crippen molar-refractivity contribution in [2.24, 2.45) is 0 Å². The maximum absolute atomic E-state index is 11.7. The van der Waals surface area contributed by atoms with Gasteiger partial charge < -0.3 is 15.4 Å². The van der Waals surface area contributed by atoms with E-state index in [1.807, 2.05) is 59.1 Å². The zero-order valence-electron chi connectivity index (χ0n) is 17.3. The molecule has 0 saturated carbocycles. The van der Waals surface area contributed by atoms with Gasteiger partial charge in [0.05, 0.1) is 0 Å². The number of imidazole rings is 1. The van der Waals surface area contributed by atoms with Crippen molar-refractivity contribution in [2.45, 2.75) is 13.8 Å². The molecule has 0 fully saturated rings. The molecule has 0 bridgehead atoms. The third-order valence-corrected chi connectivity index (χ3v) is 5.03. The smallest absolute Gasteiger partial charge is 0.257 e. The zero-order chi connectivity index (χ0) is 21.1. The lowest BCUT2D eigenvalue weighted by Gasteiger charge is -2.15. The first-order chi connectivity index (χ1) is 14.6. The zero-order valence-corrected chi connectivity index (χ0v) is 17.3. The third-order valence-electron chi connectivity index (χ3n) is 5.03. The molecule has 4 rings (SSSR count). The normalized spacial score (nSPS) is 10.8. The molecule has 6 heteroatoms. The number of rotatable bonds is 6. The van der Waals surface area contributed by atoms with Gasteiger partial charge in [-0.3, -0.25) is 9.20 Å². The monoisotopic (exact) mass is 400 g/mol. The van der Waals surface area contributed by atoms with E-state index in [2.05, 4.69) is 36.6 Å². The van der Waals surface area contributed by atoms with Crippen molar-refractivity contribution in [3.05, 3.63) is 78.0 Å². The summed E-state index contributed by atoms with van der Waals surface area (Å²) in [6, 6.07) is 19.7. The van der Waals surface area contributed by atoms with Crippen molar-refractivity contribution >= 4 is 23.1 Å². The Morgan fingerprint density at radius 2 is 1.73 bits per heavy atom. The van der Waals surface area contributed by atoms with Crippen LogP contribution in [0.2, 0.25) is 0 Å². The number of ether oxygens (including phenoxy) is 1. The molecule has 0 aliphatic carbocycles. The maximum Gasteiger partial charge on any atom is 0.257 e. The lowest BCUT2D eigenvalue weighted by Crippen LogP contribution is -2.24. The summed E-state index contributed by atoms with van der Waals surface area (Å²) in [5.74, 6) is 1.27. The number of benzene rings is 2. The number of pyridine rings is 1. The minimum Gasteiger partial charge on any atom is -0.483 e. The molecule has 0 radical (unpaired) electrons. The van der Waals surface area contributed by atoms with Gasteiger partial charge in [-0.05, 0) is 49.2 Å². The largest absolute Gasteiger partial charge is 0.483 e. The predicted molar refractivity (Wildman–Crippen MR) is 119 cm³/mol. The summed E-state index contributed by atoms with van der Waals surface area (Å²) in [6.45, 7) is 4.11. The van der Waals surface area contributed by atoms with E-state index in [-0.39, 0.29) is 12.5 Å². The minimum atomic E-state index is -0.186. The predicted octanol–water partition coefficient (Wildman–Crippen LogP) is 4.49. The van der Waals surface area contributed by atoms with Crippen LogP contribution in [0.5, 0.6) is 5.75 Å². The molecule has 0 saturated heterocycles. The number of amides is 1. The van der Waals surface area contributed by atoms with Crippen LogP contribution in [0.1, 0.15) is 11.1 Å². The lowest BCUT2D eigenvalue weighted by atomic mass is 10.1. The second-order valence-electron chi connectivity index (χ2n) is 7.09. The summed E-state index contributed by atoms with van der Waals surface area (Å²) in [5, 5.41) is 6.18. The minimum absolute atomic E-state index is 0.0550. The maximum atomic E-state index is 11.7. The number of aromatic nitrogens is 2. The summed E-state index contributed by atoms with van der Waals surface area (Å²) in [6.07, 6.45) is 1.98. The molecule has 6 nitrogen and oxygen atoms in total. The van der Waals surface area contributed by atoms with Crippen molar-refractivity contribution < 1.29 is 9.53 Å². The summed E-state index contributed by atoms with van der Waals surface area (Å²) < 4.78 is 7.83. The van der Waals surface area contributed by atoms with E-state index in [0.29, 0.717) is 5.75 Å². The topological polar surface area (TPSA) is 67.7 Å². The van der Waals surface area contributed by atoms with Gasteiger partial charge in [-0.1, -0.05) is 36.4 Å². The summed E-state index contributed by atoms with van der Waals surface area (Å²) >= 11 is 0. The van der Waals surface area contributed by atoms with Gasteiger partial charge in [-0.15, -0.1) is 0 Å². The Hall–Kier alpha value is -3.80. The Morgan fingerprint density at radius 1 is 1.00 bits per heavy atom. The molecule has 0 unspecified atom stereocenters. The molecular weight excluding hydrogens is 376 g/mol. The van der Waals surface area contributed by atoms with Gasteiger partial charge >= 0.3 is 0 Å². The molecule has 30 heavy (non-hydrogen) atoms. The van der Waals surface area contributed by atoms with Crippen LogP contribution < -0.4 is 15.4 Å². The first kappa shape index (κ1) is 19.5. The van der Waals surface area contributed by atoms with Gasteiger partial charge in [0.15, 0.2) is 6.61 Å². The SMILES string of the molecule is CNC(=O)COc1ccccc1-c1nc2ccccn2c1Nc1c(C)cccc1C. The average molecular weight is 400 g/mol. The van der Waals surface area contributed by atoms with Gasteiger partial charge in [0.25, 0.3) is 5.91 Å². The Kier molecular flexibility index (Phi) is 5.39. The number of anilines is 2. The average Bonchev–Trinajstić information content (AvgIpc) is 3.13. The van der Waals surface area contributed by atoms with Gasteiger partial charge in [0, 0.05) is 24.5 Å². The number of fused-ring (bicyclic) bond motifs is 1. The molecule has 4 aromatic rings. The number of hydrogen-bond acceptors (Lipinski definition) is 4. The fraction of sp³-hybridized carbons (Fsp3) is 0.167. The van der Waals surface area contributed by atoms with Crippen LogP contribution in [0.25, 0.3) is 16.9 Å². The Morgan fingerprint density at radius 3 is 2.50 bits per heavy atom. The van der Waals surface area contributed by atoms with E-state index in [0.717, 1.165) is 39.5 Å². The molecule has 152 valence electrons. The number of likely N-dealkylation sites (N-methyl/N-ethyl adjacent to an activating group) is 1. The van der Waals surface area contributed by atoms with E-state index in [1.54, 1.807) is 7.05 Å². The van der Waals surface area contributed by atoms with Crippen molar-refractivity contribution in [3.8, 4) is 17.0 Å². The number of carbonyl (C=O) groups excluding carboxylic acids is 1. The fourth-order valence-electron chi connectivity index (χ4n) is 3.44. The molecular formula is C24H24N4O2. The standard InChI is InChI=1S/C24H24N4O2/c1-16-9-8-10-17(2)22(16)27-24-23(26-20-13-6-7-14-28(20)24)18-11-4-5-12-19(18)30-15-21(29)25-3/h4-14,27H,15H2,1-3H3,(H,25,29). The van der Waals surface area contributed by atoms with E-state index < -0.39 is 0 Å². The van der Waals surface area contributed by atoms with Crippen LogP contribution in [-0.4, -0.2) is 28.9 Å². The first-order valence-corrected chi connectivity index (χ1v) is 9.81. The highest BCUT2D eigenvalue weighted by atomic mass is 16.5. The van der Waals surface area contributed by atoms with Crippen molar-refractivity contribution in [1.29, 1.82) is 0 Å². The number of hydrogen-bond donors (Lipinski definition) is 2. The molecule has 0 atom stereocenters. The number of carbonyl (C=O) groups is 1. The second-order valence-corrected chi connectivity index (χ2v) is 7.09. The highest BCUT2D eigenvalue weighted by Gasteiger charge is 2.19. The molecule has 0 spiro atoms. The highest BCUT2D eigenvalue weighted by molar-refractivity contribution is 5.84. The number of para-hydroxylation sites is 2. The quantitative estimate of drug-likeness (QED) is 0.501. The Labute approximate surface area is 175 Å². The molecule has 1 amide bonds. The molecule has 2 heterocycles. The second kappa shape index (κ2) is 8.29. The molecule has 2 N–H and O–H groups in total. The van der Waals surface area contributed by atoms with Crippen molar-refractivity contribution in [3.63, 3.8) is 0 Å². The van der Waals surface area contributed by atoms with Crippen LogP contribution in [0.4, 0.5) is 11.5 Å². The van der Waals surface area contributed by atoms with Crippen LogP contribution in [0.3, 0.4) is 0 Å². The van der Waals surface area contributed by atoms with Gasteiger partial charge in [-0.25, -0.2) is 4.98 Å². The fourth-order valence-corrected chi connectivity index (χ4v) is 3.44. The van der Waals surface area contributed by atoms with Crippen LogP contribution in [-0.2, 0) is 4.79 Å². The van der Waals surface area contributed by atoms with Crippen molar-refractivity contribution in [1.82, 2.24) is 14.7 Å². The lowest BCUT2D eigenvalue weighted by molar-refractivity contribution is -0.122.